The molecular formula is C19H22ClN3O3S. The monoisotopic (exact) mass is 407 g/mol. The number of carbonyl (C=O) groups excluding carboxylic acids is 1. The van der Waals surface area contributed by atoms with Crippen LogP contribution in [0.4, 0.5) is 4.79 Å². The topological polar surface area (TPSA) is 69.7 Å². The second kappa shape index (κ2) is 8.29. The van der Waals surface area contributed by atoms with Crippen molar-refractivity contribution in [3.8, 4) is 0 Å². The quantitative estimate of drug-likeness (QED) is 0.847. The average Bonchev–Trinajstić information content (AvgIpc) is 2.66. The molecule has 0 radical (unpaired) electrons. The Labute approximate surface area is 164 Å². The molecule has 27 heavy (non-hydrogen) atoms. The van der Waals surface area contributed by atoms with Crippen LogP contribution >= 0.6 is 11.6 Å². The number of hydrogen-bond acceptors (Lipinski definition) is 3. The van der Waals surface area contributed by atoms with E-state index in [1.165, 1.54) is 4.31 Å². The van der Waals surface area contributed by atoms with Gasteiger partial charge in [0.1, 0.15) is 0 Å². The minimum atomic E-state index is -3.53. The molecule has 1 N–H and O–H groups in total. The highest BCUT2D eigenvalue weighted by Gasteiger charge is 2.29. The van der Waals surface area contributed by atoms with Gasteiger partial charge in [0.05, 0.1) is 4.90 Å². The van der Waals surface area contributed by atoms with Crippen LogP contribution in [0.15, 0.2) is 53.4 Å². The fourth-order valence-electron chi connectivity index (χ4n) is 2.93. The lowest BCUT2D eigenvalue weighted by Crippen LogP contribution is -2.52. The number of nitrogens with zero attached hydrogens (tertiary/aromatic N) is 2. The summed E-state index contributed by atoms with van der Waals surface area (Å²) in [4.78, 5) is 14.2. The van der Waals surface area contributed by atoms with Crippen LogP contribution in [0.2, 0.25) is 5.02 Å². The molecule has 1 fully saturated rings. The van der Waals surface area contributed by atoms with Gasteiger partial charge in [-0.05, 0) is 36.8 Å². The van der Waals surface area contributed by atoms with Crippen LogP contribution in [0.3, 0.4) is 0 Å². The van der Waals surface area contributed by atoms with Gasteiger partial charge in [-0.2, -0.15) is 4.31 Å². The van der Waals surface area contributed by atoms with E-state index in [4.69, 9.17) is 11.6 Å². The molecule has 144 valence electrons. The molecule has 0 spiro atoms. The fourth-order valence-corrected chi connectivity index (χ4v) is 4.56. The predicted molar refractivity (Wildman–Crippen MR) is 105 cm³/mol. The Bertz CT molecular complexity index is 908. The summed E-state index contributed by atoms with van der Waals surface area (Å²) in [7, 11) is -3.53. The molecule has 0 bridgehead atoms. The molecule has 0 unspecified atom stereocenters. The van der Waals surface area contributed by atoms with E-state index in [9.17, 15) is 13.2 Å². The fraction of sp³-hybridized carbons (Fsp3) is 0.316. The Morgan fingerprint density at radius 2 is 1.74 bits per heavy atom. The van der Waals surface area contributed by atoms with Gasteiger partial charge in [-0.25, -0.2) is 13.2 Å². The van der Waals surface area contributed by atoms with Crippen LogP contribution < -0.4 is 5.32 Å². The van der Waals surface area contributed by atoms with Gasteiger partial charge in [0, 0.05) is 37.7 Å². The molecule has 1 aliphatic heterocycles. The lowest BCUT2D eigenvalue weighted by atomic mass is 10.2. The highest BCUT2D eigenvalue weighted by molar-refractivity contribution is 7.89. The molecule has 8 heteroatoms. The molecule has 0 atom stereocenters. The maximum absolute atomic E-state index is 12.7. The number of halogens is 1. The minimum absolute atomic E-state index is 0.206. The summed E-state index contributed by atoms with van der Waals surface area (Å²) in [6.07, 6.45) is 0. The number of hydrogen-bond donors (Lipinski definition) is 1. The zero-order valence-corrected chi connectivity index (χ0v) is 16.6. The largest absolute Gasteiger partial charge is 0.334 e. The zero-order chi connectivity index (χ0) is 19.4. The van der Waals surface area contributed by atoms with E-state index in [0.717, 1.165) is 11.1 Å². The van der Waals surface area contributed by atoms with Crippen molar-refractivity contribution in [3.63, 3.8) is 0 Å². The van der Waals surface area contributed by atoms with Crippen LogP contribution in [-0.4, -0.2) is 49.8 Å². The lowest BCUT2D eigenvalue weighted by molar-refractivity contribution is 0.172. The number of nitrogens with one attached hydrogen (secondary N) is 1. The van der Waals surface area contributed by atoms with Crippen molar-refractivity contribution in [1.82, 2.24) is 14.5 Å². The van der Waals surface area contributed by atoms with Gasteiger partial charge >= 0.3 is 6.03 Å². The number of piperazine rings is 1. The van der Waals surface area contributed by atoms with Crippen molar-refractivity contribution in [2.75, 3.05) is 26.2 Å². The molecule has 2 amide bonds. The van der Waals surface area contributed by atoms with Gasteiger partial charge < -0.3 is 10.2 Å². The number of urea groups is 1. The second-order valence-electron chi connectivity index (χ2n) is 6.49. The Morgan fingerprint density at radius 3 is 2.37 bits per heavy atom. The maximum Gasteiger partial charge on any atom is 0.317 e. The molecule has 2 aromatic rings. The lowest BCUT2D eigenvalue weighted by Gasteiger charge is -2.34. The summed E-state index contributed by atoms with van der Waals surface area (Å²) in [5.41, 5.74) is 1.92. The molecule has 2 aromatic carbocycles. The summed E-state index contributed by atoms with van der Waals surface area (Å²) in [5, 5.41) is 3.47. The molecule has 0 saturated carbocycles. The number of aryl methyl sites for hydroxylation is 1. The Morgan fingerprint density at radius 1 is 1.07 bits per heavy atom. The van der Waals surface area contributed by atoms with Crippen LogP contribution in [0.5, 0.6) is 0 Å². The third-order valence-electron chi connectivity index (χ3n) is 4.52. The van der Waals surface area contributed by atoms with Crippen molar-refractivity contribution in [1.29, 1.82) is 0 Å². The molecule has 1 aliphatic rings. The minimum Gasteiger partial charge on any atom is -0.334 e. The highest BCUT2D eigenvalue weighted by Crippen LogP contribution is 2.18. The molecule has 6 nitrogen and oxygen atoms in total. The van der Waals surface area contributed by atoms with Crippen LogP contribution in [-0.2, 0) is 16.6 Å². The van der Waals surface area contributed by atoms with Gasteiger partial charge in [0.15, 0.2) is 0 Å². The van der Waals surface area contributed by atoms with Crippen LogP contribution in [0.1, 0.15) is 11.1 Å². The van der Waals surface area contributed by atoms with Gasteiger partial charge in [-0.15, -0.1) is 0 Å². The van der Waals surface area contributed by atoms with E-state index in [1.54, 1.807) is 41.3 Å². The van der Waals surface area contributed by atoms with Crippen molar-refractivity contribution < 1.29 is 13.2 Å². The first kappa shape index (κ1) is 19.7. The molecular weight excluding hydrogens is 386 g/mol. The van der Waals surface area contributed by atoms with Gasteiger partial charge in [-0.3, -0.25) is 0 Å². The standard InChI is InChI=1S/C19H22ClN3O3S/c1-15-5-7-18(8-6-15)27(25,26)23-11-9-22(10-12-23)19(24)21-14-16-3-2-4-17(20)13-16/h2-8,13H,9-12,14H2,1H3,(H,21,24). The van der Waals surface area contributed by atoms with E-state index in [-0.39, 0.29) is 24.0 Å². The number of amides is 2. The number of rotatable bonds is 4. The summed E-state index contributed by atoms with van der Waals surface area (Å²) in [6.45, 7) is 3.55. The predicted octanol–water partition coefficient (Wildman–Crippen LogP) is 2.86. The first-order valence-electron chi connectivity index (χ1n) is 8.70. The Balaban J connectivity index is 1.55. The normalized spacial score (nSPS) is 15.6. The summed E-state index contributed by atoms with van der Waals surface area (Å²) in [5.74, 6) is 0. The van der Waals surface area contributed by atoms with E-state index >= 15 is 0 Å². The SMILES string of the molecule is Cc1ccc(S(=O)(=O)N2CCN(C(=O)NCc3cccc(Cl)c3)CC2)cc1. The van der Waals surface area contributed by atoms with E-state index < -0.39 is 10.0 Å². The summed E-state index contributed by atoms with van der Waals surface area (Å²) >= 11 is 5.94. The zero-order valence-electron chi connectivity index (χ0n) is 15.1. The van der Waals surface area contributed by atoms with Gasteiger partial charge in [0.2, 0.25) is 10.0 Å². The van der Waals surface area contributed by atoms with Gasteiger partial charge in [-0.1, -0.05) is 41.4 Å². The first-order chi connectivity index (χ1) is 12.9. The molecule has 3 rings (SSSR count). The summed E-state index contributed by atoms with van der Waals surface area (Å²) in [6, 6.07) is 13.9. The van der Waals surface area contributed by atoms with Crippen molar-refractivity contribution in [3.05, 3.63) is 64.7 Å². The van der Waals surface area contributed by atoms with E-state index in [0.29, 0.717) is 24.7 Å². The first-order valence-corrected chi connectivity index (χ1v) is 10.5. The molecule has 1 saturated heterocycles. The van der Waals surface area contributed by atoms with E-state index in [2.05, 4.69) is 5.32 Å². The molecule has 1 heterocycles. The molecule has 0 aliphatic carbocycles. The van der Waals surface area contributed by atoms with E-state index in [1.807, 2.05) is 19.1 Å². The number of carbonyl (C=O) groups is 1. The van der Waals surface area contributed by atoms with Crippen molar-refractivity contribution in [2.45, 2.75) is 18.4 Å². The maximum atomic E-state index is 12.7. The van der Waals surface area contributed by atoms with Crippen molar-refractivity contribution in [2.24, 2.45) is 0 Å². The third kappa shape index (κ3) is 4.80. The third-order valence-corrected chi connectivity index (χ3v) is 6.67. The Kier molecular flexibility index (Phi) is 6.04. The van der Waals surface area contributed by atoms with Crippen molar-refractivity contribution >= 4 is 27.7 Å². The summed E-state index contributed by atoms with van der Waals surface area (Å²) < 4.78 is 26.9. The number of sulfonamides is 1. The van der Waals surface area contributed by atoms with Crippen LogP contribution in [0.25, 0.3) is 0 Å². The van der Waals surface area contributed by atoms with Crippen LogP contribution in [0, 0.1) is 6.92 Å². The smallest absolute Gasteiger partial charge is 0.317 e. The highest BCUT2D eigenvalue weighted by atomic mass is 35.5. The average molecular weight is 408 g/mol. The number of benzene rings is 2. The second-order valence-corrected chi connectivity index (χ2v) is 8.87. The van der Waals surface area contributed by atoms with Gasteiger partial charge in [0.25, 0.3) is 0 Å². The molecule has 0 aromatic heterocycles. The Hall–Kier alpha value is -2.09.